The zero-order valence-corrected chi connectivity index (χ0v) is 16.2. The van der Waals surface area contributed by atoms with E-state index >= 15 is 0 Å². The molecule has 0 heterocycles. The SMILES string of the molecule is COCCN(C)c1ccc(N(CCOC)S(=O)(=O)c2cc[c]cc2)cc1. The van der Waals surface area contributed by atoms with Crippen molar-refractivity contribution in [1.29, 1.82) is 0 Å². The number of anilines is 2. The molecule has 0 bridgehead atoms. The Bertz CT molecular complexity index is 764. The van der Waals surface area contributed by atoms with E-state index in [0.717, 1.165) is 12.2 Å². The van der Waals surface area contributed by atoms with E-state index in [-0.39, 0.29) is 11.4 Å². The number of hydrogen-bond donors (Lipinski definition) is 0. The zero-order chi connectivity index (χ0) is 19.0. The van der Waals surface area contributed by atoms with Crippen molar-refractivity contribution in [3.8, 4) is 0 Å². The van der Waals surface area contributed by atoms with E-state index in [2.05, 4.69) is 6.07 Å². The van der Waals surface area contributed by atoms with Crippen LogP contribution in [0.15, 0.2) is 53.4 Å². The predicted octanol–water partition coefficient (Wildman–Crippen LogP) is 2.41. The first-order valence-corrected chi connectivity index (χ1v) is 9.72. The van der Waals surface area contributed by atoms with Crippen LogP contribution in [0.3, 0.4) is 0 Å². The lowest BCUT2D eigenvalue weighted by atomic mass is 10.2. The molecule has 7 heteroatoms. The van der Waals surface area contributed by atoms with Gasteiger partial charge in [0.1, 0.15) is 0 Å². The minimum atomic E-state index is -3.67. The number of nitrogens with zero attached hydrogens (tertiary/aromatic N) is 2. The standard InChI is InChI=1S/C19H25N2O4S/c1-20(13-15-24-2)17-9-11-18(12-10-17)21(14-16-25-3)26(22,23)19-7-5-4-6-8-19/h5-12H,13-16H2,1-3H3. The van der Waals surface area contributed by atoms with Crippen LogP contribution < -0.4 is 9.21 Å². The topological polar surface area (TPSA) is 59.1 Å². The Labute approximate surface area is 156 Å². The molecule has 0 atom stereocenters. The second-order valence-electron chi connectivity index (χ2n) is 5.74. The second-order valence-corrected chi connectivity index (χ2v) is 7.60. The fourth-order valence-electron chi connectivity index (χ4n) is 2.46. The summed E-state index contributed by atoms with van der Waals surface area (Å²) in [4.78, 5) is 2.28. The van der Waals surface area contributed by atoms with Gasteiger partial charge in [-0.3, -0.25) is 4.31 Å². The molecule has 0 amide bonds. The van der Waals surface area contributed by atoms with Crippen LogP contribution in [-0.4, -0.2) is 56.0 Å². The van der Waals surface area contributed by atoms with Gasteiger partial charge in [-0.25, -0.2) is 8.42 Å². The molecule has 0 unspecified atom stereocenters. The summed E-state index contributed by atoms with van der Waals surface area (Å²) in [5.41, 5.74) is 1.59. The Hall–Kier alpha value is -2.09. The summed E-state index contributed by atoms with van der Waals surface area (Å²) in [5.74, 6) is 0. The van der Waals surface area contributed by atoms with Crippen molar-refractivity contribution in [3.63, 3.8) is 0 Å². The lowest BCUT2D eigenvalue weighted by molar-refractivity contribution is 0.206. The van der Waals surface area contributed by atoms with Crippen LogP contribution in [0.25, 0.3) is 0 Å². The first kappa shape index (κ1) is 20.2. The molecule has 0 aliphatic heterocycles. The third-order valence-corrected chi connectivity index (χ3v) is 5.82. The van der Waals surface area contributed by atoms with Gasteiger partial charge in [-0.05, 0) is 42.5 Å². The molecule has 0 saturated heterocycles. The van der Waals surface area contributed by atoms with Crippen LogP contribution in [0.5, 0.6) is 0 Å². The highest BCUT2D eigenvalue weighted by Crippen LogP contribution is 2.25. The first-order valence-electron chi connectivity index (χ1n) is 8.28. The van der Waals surface area contributed by atoms with Crippen molar-refractivity contribution in [2.24, 2.45) is 0 Å². The number of rotatable bonds is 10. The summed E-state index contributed by atoms with van der Waals surface area (Å²) in [6, 6.07) is 16.5. The summed E-state index contributed by atoms with van der Waals surface area (Å²) in [5, 5.41) is 0. The number of hydrogen-bond acceptors (Lipinski definition) is 5. The van der Waals surface area contributed by atoms with Crippen molar-refractivity contribution in [2.45, 2.75) is 4.90 Å². The van der Waals surface area contributed by atoms with Gasteiger partial charge >= 0.3 is 0 Å². The quantitative estimate of drug-likeness (QED) is 0.636. The van der Waals surface area contributed by atoms with Crippen molar-refractivity contribution < 1.29 is 17.9 Å². The average Bonchev–Trinajstić information content (AvgIpc) is 2.67. The van der Waals surface area contributed by atoms with E-state index in [1.54, 1.807) is 50.6 Å². The van der Waals surface area contributed by atoms with Gasteiger partial charge in [-0.2, -0.15) is 0 Å². The lowest BCUT2D eigenvalue weighted by Crippen LogP contribution is -2.34. The monoisotopic (exact) mass is 377 g/mol. The third kappa shape index (κ3) is 4.97. The molecule has 0 aromatic heterocycles. The molecule has 0 fully saturated rings. The summed E-state index contributed by atoms with van der Waals surface area (Å²) < 4.78 is 37.6. The van der Waals surface area contributed by atoms with Crippen LogP contribution in [0.4, 0.5) is 11.4 Å². The zero-order valence-electron chi connectivity index (χ0n) is 15.4. The van der Waals surface area contributed by atoms with Crippen LogP contribution in [0.1, 0.15) is 0 Å². The number of ether oxygens (including phenoxy) is 2. The molecule has 2 rings (SSSR count). The highest BCUT2D eigenvalue weighted by atomic mass is 32.2. The number of benzene rings is 2. The molecule has 0 aliphatic rings. The Morgan fingerprint density at radius 3 is 2.00 bits per heavy atom. The molecular formula is C19H25N2O4S. The second kappa shape index (κ2) is 9.56. The van der Waals surface area contributed by atoms with Gasteiger partial charge < -0.3 is 14.4 Å². The van der Waals surface area contributed by atoms with E-state index in [1.807, 2.05) is 24.1 Å². The predicted molar refractivity (Wildman–Crippen MR) is 103 cm³/mol. The summed E-state index contributed by atoms with van der Waals surface area (Å²) in [6.45, 7) is 1.91. The third-order valence-electron chi connectivity index (χ3n) is 3.98. The molecule has 141 valence electrons. The van der Waals surface area contributed by atoms with Crippen molar-refractivity contribution >= 4 is 21.4 Å². The Balaban J connectivity index is 2.29. The maximum absolute atomic E-state index is 13.0. The number of sulfonamides is 1. The molecular weight excluding hydrogens is 352 g/mol. The maximum atomic E-state index is 13.0. The summed E-state index contributed by atoms with van der Waals surface area (Å²) >= 11 is 0. The fourth-order valence-corrected chi connectivity index (χ4v) is 3.91. The minimum Gasteiger partial charge on any atom is -0.383 e. The van der Waals surface area contributed by atoms with E-state index in [4.69, 9.17) is 9.47 Å². The largest absolute Gasteiger partial charge is 0.383 e. The molecule has 2 aromatic rings. The summed E-state index contributed by atoms with van der Waals surface area (Å²) in [6.07, 6.45) is 0. The molecule has 1 radical (unpaired) electrons. The van der Waals surface area contributed by atoms with Crippen molar-refractivity contribution in [3.05, 3.63) is 54.6 Å². The Morgan fingerprint density at radius 1 is 0.885 bits per heavy atom. The first-order chi connectivity index (χ1) is 12.5. The van der Waals surface area contributed by atoms with E-state index in [9.17, 15) is 8.42 Å². The Morgan fingerprint density at radius 2 is 1.42 bits per heavy atom. The van der Waals surface area contributed by atoms with Gasteiger partial charge in [-0.1, -0.05) is 12.1 Å². The molecule has 26 heavy (non-hydrogen) atoms. The highest BCUT2D eigenvalue weighted by molar-refractivity contribution is 7.92. The van der Waals surface area contributed by atoms with E-state index < -0.39 is 10.0 Å². The van der Waals surface area contributed by atoms with Crippen LogP contribution in [0, 0.1) is 6.07 Å². The highest BCUT2D eigenvalue weighted by Gasteiger charge is 2.24. The molecule has 6 nitrogen and oxygen atoms in total. The molecule has 0 aliphatic carbocycles. The van der Waals surface area contributed by atoms with Gasteiger partial charge in [0, 0.05) is 33.5 Å². The smallest absolute Gasteiger partial charge is 0.264 e. The molecule has 0 saturated carbocycles. The van der Waals surface area contributed by atoms with Crippen molar-refractivity contribution in [2.75, 3.05) is 56.8 Å². The normalized spacial score (nSPS) is 11.3. The number of likely N-dealkylation sites (N-methyl/N-ethyl adjacent to an activating group) is 1. The minimum absolute atomic E-state index is 0.230. The molecule has 0 spiro atoms. The van der Waals surface area contributed by atoms with Crippen LogP contribution >= 0.6 is 0 Å². The number of methoxy groups -OCH3 is 2. The summed E-state index contributed by atoms with van der Waals surface area (Å²) in [7, 11) is 1.51. The Kier molecular flexibility index (Phi) is 7.44. The fraction of sp³-hybridized carbons (Fsp3) is 0.368. The van der Waals surface area contributed by atoms with Crippen LogP contribution in [-0.2, 0) is 19.5 Å². The van der Waals surface area contributed by atoms with Crippen molar-refractivity contribution in [1.82, 2.24) is 0 Å². The van der Waals surface area contributed by atoms with Gasteiger partial charge in [0.15, 0.2) is 0 Å². The van der Waals surface area contributed by atoms with E-state index in [0.29, 0.717) is 18.9 Å². The average molecular weight is 377 g/mol. The maximum Gasteiger partial charge on any atom is 0.264 e. The molecule has 2 aromatic carbocycles. The van der Waals surface area contributed by atoms with Gasteiger partial charge in [0.2, 0.25) is 0 Å². The van der Waals surface area contributed by atoms with Crippen LogP contribution in [0.2, 0.25) is 0 Å². The lowest BCUT2D eigenvalue weighted by Gasteiger charge is -2.25. The van der Waals surface area contributed by atoms with Gasteiger partial charge in [0.05, 0.1) is 30.3 Å². The molecule has 0 N–H and O–H groups in total. The van der Waals surface area contributed by atoms with Gasteiger partial charge in [-0.15, -0.1) is 0 Å². The van der Waals surface area contributed by atoms with E-state index in [1.165, 1.54) is 4.31 Å². The van der Waals surface area contributed by atoms with Gasteiger partial charge in [0.25, 0.3) is 10.0 Å².